The van der Waals surface area contributed by atoms with E-state index >= 15 is 0 Å². The Morgan fingerprint density at radius 2 is 2.12 bits per heavy atom. The molecule has 0 radical (unpaired) electrons. The molecule has 0 heterocycles. The predicted octanol–water partition coefficient (Wildman–Crippen LogP) is 0.102. The zero-order valence-electron chi connectivity index (χ0n) is 9.40. The molecule has 1 aromatic carbocycles. The van der Waals surface area contributed by atoms with Crippen molar-refractivity contribution in [2.75, 3.05) is 30.4 Å². The smallest absolute Gasteiger partial charge is 0.208 e. The number of hydrogen-bond donors (Lipinski definition) is 3. The summed E-state index contributed by atoms with van der Waals surface area (Å²) in [6.45, 7) is 0.654. The van der Waals surface area contributed by atoms with Crippen LogP contribution in [0.3, 0.4) is 0 Å². The van der Waals surface area contributed by atoms with Crippen molar-refractivity contribution in [3.05, 3.63) is 23.8 Å². The molecule has 0 saturated carbocycles. The molecule has 0 aromatic heterocycles. The number of sulfonamides is 1. The summed E-state index contributed by atoms with van der Waals surface area (Å²) in [5, 5.41) is 11.7. The van der Waals surface area contributed by atoms with Crippen LogP contribution in [0.25, 0.3) is 0 Å². The van der Waals surface area contributed by atoms with E-state index in [2.05, 4.69) is 10.0 Å². The minimum atomic E-state index is -3.18. The Balaban J connectivity index is 2.55. The van der Waals surface area contributed by atoms with E-state index in [0.29, 0.717) is 23.5 Å². The lowest BCUT2D eigenvalue weighted by molar-refractivity contribution is 0.589. The fourth-order valence-electron chi connectivity index (χ4n) is 1.21. The molecule has 0 aliphatic heterocycles. The number of nitrogens with one attached hydrogen (secondary N) is 2. The Morgan fingerprint density at radius 3 is 2.71 bits per heavy atom. The topological polar surface area (TPSA) is 108 Å². The number of anilines is 2. The lowest BCUT2D eigenvalue weighted by Crippen LogP contribution is -2.27. The van der Waals surface area contributed by atoms with Gasteiger partial charge in [0.05, 0.1) is 29.3 Å². The van der Waals surface area contributed by atoms with E-state index in [1.54, 1.807) is 18.2 Å². The summed E-state index contributed by atoms with van der Waals surface area (Å²) >= 11 is 0. The monoisotopic (exact) mass is 254 g/mol. The first-order chi connectivity index (χ1) is 7.92. The Hall–Kier alpha value is -1.78. The van der Waals surface area contributed by atoms with Crippen molar-refractivity contribution in [1.29, 1.82) is 5.26 Å². The highest BCUT2D eigenvalue weighted by Gasteiger charge is 2.02. The average Bonchev–Trinajstić information content (AvgIpc) is 2.25. The number of hydrogen-bond acceptors (Lipinski definition) is 5. The van der Waals surface area contributed by atoms with Gasteiger partial charge in [0.1, 0.15) is 0 Å². The lowest BCUT2D eigenvalue weighted by atomic mass is 10.2. The van der Waals surface area contributed by atoms with Crippen molar-refractivity contribution in [3.63, 3.8) is 0 Å². The van der Waals surface area contributed by atoms with Gasteiger partial charge >= 0.3 is 0 Å². The molecule has 0 atom stereocenters. The van der Waals surface area contributed by atoms with Crippen LogP contribution in [0, 0.1) is 11.3 Å². The van der Waals surface area contributed by atoms with Crippen molar-refractivity contribution >= 4 is 21.4 Å². The highest BCUT2D eigenvalue weighted by Crippen LogP contribution is 2.18. The van der Waals surface area contributed by atoms with Crippen LogP contribution in [0.4, 0.5) is 11.4 Å². The maximum absolute atomic E-state index is 10.8. The van der Waals surface area contributed by atoms with E-state index in [1.165, 1.54) is 0 Å². The maximum Gasteiger partial charge on any atom is 0.208 e. The zero-order chi connectivity index (χ0) is 12.9. The van der Waals surface area contributed by atoms with Gasteiger partial charge in [-0.3, -0.25) is 0 Å². The van der Waals surface area contributed by atoms with Crippen LogP contribution in [0.5, 0.6) is 0 Å². The van der Waals surface area contributed by atoms with Gasteiger partial charge in [0.15, 0.2) is 0 Å². The molecule has 0 spiro atoms. The molecule has 0 amide bonds. The van der Waals surface area contributed by atoms with Crippen LogP contribution in [-0.4, -0.2) is 27.8 Å². The second-order valence-corrected chi connectivity index (χ2v) is 5.34. The summed E-state index contributed by atoms with van der Waals surface area (Å²) in [5.41, 5.74) is 7.34. The fourth-order valence-corrected chi connectivity index (χ4v) is 1.69. The second kappa shape index (κ2) is 5.52. The summed E-state index contributed by atoms with van der Waals surface area (Å²) in [5.74, 6) is 0. The van der Waals surface area contributed by atoms with E-state index in [0.717, 1.165) is 6.26 Å². The Bertz CT molecular complexity index is 534. The van der Waals surface area contributed by atoms with Crippen LogP contribution in [0.2, 0.25) is 0 Å². The lowest BCUT2D eigenvalue weighted by Gasteiger charge is -2.09. The van der Waals surface area contributed by atoms with Gasteiger partial charge in [-0.15, -0.1) is 0 Å². The van der Waals surface area contributed by atoms with Crippen LogP contribution >= 0.6 is 0 Å². The summed E-state index contributed by atoms with van der Waals surface area (Å²) in [4.78, 5) is 0. The van der Waals surface area contributed by atoms with Crippen molar-refractivity contribution in [1.82, 2.24) is 4.72 Å². The first-order valence-corrected chi connectivity index (χ1v) is 6.79. The number of nitrogen functional groups attached to an aromatic ring is 1. The molecule has 6 nitrogen and oxygen atoms in total. The molecule has 0 unspecified atom stereocenters. The normalized spacial score (nSPS) is 10.8. The Kier molecular flexibility index (Phi) is 4.31. The van der Waals surface area contributed by atoms with Gasteiger partial charge in [-0.2, -0.15) is 5.26 Å². The second-order valence-electron chi connectivity index (χ2n) is 3.51. The maximum atomic E-state index is 10.8. The fraction of sp³-hybridized carbons (Fsp3) is 0.300. The largest absolute Gasteiger partial charge is 0.397 e. The third-order valence-corrected chi connectivity index (χ3v) is 2.72. The minimum Gasteiger partial charge on any atom is -0.397 e. The van der Waals surface area contributed by atoms with Crippen molar-refractivity contribution in [2.45, 2.75) is 0 Å². The van der Waals surface area contributed by atoms with Gasteiger partial charge in [-0.25, -0.2) is 13.1 Å². The van der Waals surface area contributed by atoms with Gasteiger partial charge in [0, 0.05) is 13.1 Å². The first kappa shape index (κ1) is 13.3. The number of nitriles is 1. The number of benzene rings is 1. The van der Waals surface area contributed by atoms with Crippen LogP contribution < -0.4 is 15.8 Å². The molecule has 4 N–H and O–H groups in total. The van der Waals surface area contributed by atoms with Gasteiger partial charge < -0.3 is 11.1 Å². The molecule has 0 aliphatic carbocycles. The van der Waals surface area contributed by atoms with Crippen molar-refractivity contribution in [2.24, 2.45) is 0 Å². The molecule has 0 saturated heterocycles. The molecule has 1 rings (SSSR count). The van der Waals surface area contributed by atoms with E-state index in [1.807, 2.05) is 6.07 Å². The molecular formula is C10H14N4O2S. The molecule has 0 fully saturated rings. The summed E-state index contributed by atoms with van der Waals surface area (Å²) in [7, 11) is -3.18. The number of nitrogens with two attached hydrogens (primary N) is 1. The zero-order valence-corrected chi connectivity index (χ0v) is 10.2. The van der Waals surface area contributed by atoms with Gasteiger partial charge in [0.2, 0.25) is 10.0 Å². The highest BCUT2D eigenvalue weighted by molar-refractivity contribution is 7.88. The average molecular weight is 254 g/mol. The van der Waals surface area contributed by atoms with Gasteiger partial charge in [0.25, 0.3) is 0 Å². The molecule has 7 heteroatoms. The summed E-state index contributed by atoms with van der Waals surface area (Å²) < 4.78 is 24.0. The minimum absolute atomic E-state index is 0.259. The van der Waals surface area contributed by atoms with E-state index in [-0.39, 0.29) is 6.54 Å². The van der Waals surface area contributed by atoms with E-state index in [4.69, 9.17) is 11.0 Å². The molecule has 0 bridgehead atoms. The molecule has 1 aromatic rings. The Labute approximate surface area is 100 Å². The quantitative estimate of drug-likeness (QED) is 0.510. The van der Waals surface area contributed by atoms with Gasteiger partial charge in [-0.1, -0.05) is 0 Å². The standard InChI is InChI=1S/C10H14N4O2S/c1-17(15,16)14-5-4-13-10-6-8(7-11)2-3-9(10)12/h2-3,6,13-14H,4-5,12H2,1H3. The number of nitrogens with zero attached hydrogens (tertiary/aromatic N) is 1. The Morgan fingerprint density at radius 1 is 1.41 bits per heavy atom. The molecular weight excluding hydrogens is 240 g/mol. The van der Waals surface area contributed by atoms with Crippen molar-refractivity contribution < 1.29 is 8.42 Å². The highest BCUT2D eigenvalue weighted by atomic mass is 32.2. The van der Waals surface area contributed by atoms with E-state index in [9.17, 15) is 8.42 Å². The third-order valence-electron chi connectivity index (χ3n) is 1.99. The van der Waals surface area contributed by atoms with Crippen molar-refractivity contribution in [3.8, 4) is 6.07 Å². The summed E-state index contributed by atoms with van der Waals surface area (Å²) in [6.07, 6.45) is 1.09. The van der Waals surface area contributed by atoms with Crippen LogP contribution in [-0.2, 0) is 10.0 Å². The van der Waals surface area contributed by atoms with Crippen LogP contribution in [0.15, 0.2) is 18.2 Å². The molecule has 92 valence electrons. The summed E-state index contributed by atoms with van der Waals surface area (Å²) in [6, 6.07) is 6.87. The first-order valence-electron chi connectivity index (χ1n) is 4.90. The number of rotatable bonds is 5. The molecule has 17 heavy (non-hydrogen) atoms. The van der Waals surface area contributed by atoms with E-state index < -0.39 is 10.0 Å². The van der Waals surface area contributed by atoms with Gasteiger partial charge in [-0.05, 0) is 18.2 Å². The van der Waals surface area contributed by atoms with Crippen LogP contribution in [0.1, 0.15) is 5.56 Å². The SMILES string of the molecule is CS(=O)(=O)NCCNc1cc(C#N)ccc1N. The molecule has 0 aliphatic rings. The third kappa shape index (κ3) is 4.72. The predicted molar refractivity (Wildman–Crippen MR) is 66.9 cm³/mol.